The summed E-state index contributed by atoms with van der Waals surface area (Å²) in [6.45, 7) is 4.00. The molecule has 4 nitrogen and oxygen atoms in total. The van der Waals surface area contributed by atoms with Crippen molar-refractivity contribution in [1.82, 2.24) is 10.2 Å². The van der Waals surface area contributed by atoms with Crippen molar-refractivity contribution in [3.05, 3.63) is 0 Å². The molecule has 8 heteroatoms. The number of amides is 3. The summed E-state index contributed by atoms with van der Waals surface area (Å²) in [4.78, 5) is 24.1. The molecule has 1 saturated heterocycles. The number of urea groups is 1. The first kappa shape index (κ1) is 16.1. The zero-order chi connectivity index (χ0) is 15.0. The van der Waals surface area contributed by atoms with E-state index in [-0.39, 0.29) is 13.0 Å². The van der Waals surface area contributed by atoms with Crippen molar-refractivity contribution in [1.29, 1.82) is 0 Å². The van der Waals surface area contributed by atoms with Gasteiger partial charge in [-0.25, -0.2) is 4.79 Å². The molecule has 0 radical (unpaired) electrons. The molecule has 2 unspecified atom stereocenters. The summed E-state index contributed by atoms with van der Waals surface area (Å²) in [6, 6.07) is -0.839. The molecule has 19 heavy (non-hydrogen) atoms. The van der Waals surface area contributed by atoms with Crippen LogP contribution >= 0.6 is 11.6 Å². The largest absolute Gasteiger partial charge is 0.394 e. The molecular formula is C11H16ClF3N2O2. The maximum atomic E-state index is 12.8. The Morgan fingerprint density at radius 2 is 1.95 bits per heavy atom. The number of alkyl halides is 4. The molecule has 0 aromatic rings. The fourth-order valence-electron chi connectivity index (χ4n) is 2.29. The molecule has 1 aliphatic heterocycles. The second-order valence-corrected chi connectivity index (χ2v) is 5.75. The van der Waals surface area contributed by atoms with Gasteiger partial charge in [0.05, 0.1) is 11.5 Å². The van der Waals surface area contributed by atoms with E-state index in [2.05, 4.69) is 0 Å². The number of carbonyl (C=O) groups excluding carboxylic acids is 2. The van der Waals surface area contributed by atoms with Gasteiger partial charge in [-0.15, -0.1) is 11.6 Å². The maximum absolute atomic E-state index is 12.8. The molecule has 0 aliphatic carbocycles. The van der Waals surface area contributed by atoms with Gasteiger partial charge in [-0.05, 0) is 27.2 Å². The van der Waals surface area contributed by atoms with Gasteiger partial charge in [0.2, 0.25) is 5.91 Å². The van der Waals surface area contributed by atoms with Crippen molar-refractivity contribution in [2.45, 2.75) is 44.3 Å². The lowest BCUT2D eigenvalue weighted by atomic mass is 9.88. The molecule has 1 fully saturated rings. The third-order valence-corrected chi connectivity index (χ3v) is 3.62. The van der Waals surface area contributed by atoms with Gasteiger partial charge in [0.25, 0.3) is 0 Å². The summed E-state index contributed by atoms with van der Waals surface area (Å²) >= 11 is 5.49. The SMILES string of the molecule is CC(Cl)C(=O)NC(=O)N1CCC(C(F)(F)F)C1(C)C. The van der Waals surface area contributed by atoms with Crippen LogP contribution in [0.1, 0.15) is 27.2 Å². The standard InChI is InChI=1S/C11H16ClF3N2O2/c1-6(12)8(18)16-9(19)17-5-4-7(10(17,2)3)11(13,14)15/h6-7H,4-5H2,1-3H3,(H,16,18,19). The first-order valence-electron chi connectivity index (χ1n) is 5.81. The zero-order valence-corrected chi connectivity index (χ0v) is 11.6. The van der Waals surface area contributed by atoms with Crippen molar-refractivity contribution in [3.63, 3.8) is 0 Å². The van der Waals surface area contributed by atoms with Crippen LogP contribution in [0.5, 0.6) is 0 Å². The highest BCUT2D eigenvalue weighted by Crippen LogP contribution is 2.44. The van der Waals surface area contributed by atoms with Crippen LogP contribution in [0.2, 0.25) is 0 Å². The fourth-order valence-corrected chi connectivity index (χ4v) is 2.34. The van der Waals surface area contributed by atoms with Gasteiger partial charge in [-0.3, -0.25) is 10.1 Å². The Bertz CT molecular complexity index is 383. The average molecular weight is 301 g/mol. The lowest BCUT2D eigenvalue weighted by Gasteiger charge is -2.36. The minimum atomic E-state index is -4.37. The van der Waals surface area contributed by atoms with E-state index in [9.17, 15) is 22.8 Å². The zero-order valence-electron chi connectivity index (χ0n) is 10.8. The van der Waals surface area contributed by atoms with Crippen LogP contribution in [0.25, 0.3) is 0 Å². The number of carbonyl (C=O) groups is 2. The smallest absolute Gasteiger partial charge is 0.319 e. The van der Waals surface area contributed by atoms with E-state index in [0.29, 0.717) is 0 Å². The van der Waals surface area contributed by atoms with E-state index in [1.807, 2.05) is 5.32 Å². The second kappa shape index (κ2) is 5.19. The van der Waals surface area contributed by atoms with E-state index in [4.69, 9.17) is 11.6 Å². The summed E-state index contributed by atoms with van der Waals surface area (Å²) in [7, 11) is 0. The van der Waals surface area contributed by atoms with Crippen molar-refractivity contribution >= 4 is 23.5 Å². The number of likely N-dealkylation sites (tertiary alicyclic amines) is 1. The molecule has 0 spiro atoms. The highest BCUT2D eigenvalue weighted by atomic mass is 35.5. The van der Waals surface area contributed by atoms with Gasteiger partial charge in [-0.2, -0.15) is 13.2 Å². The molecule has 1 heterocycles. The van der Waals surface area contributed by atoms with Crippen molar-refractivity contribution in [3.8, 4) is 0 Å². The second-order valence-electron chi connectivity index (χ2n) is 5.10. The summed E-state index contributed by atoms with van der Waals surface area (Å²) in [5.41, 5.74) is -1.39. The van der Waals surface area contributed by atoms with Gasteiger partial charge in [0.1, 0.15) is 5.38 Å². The lowest BCUT2D eigenvalue weighted by molar-refractivity contribution is -0.189. The van der Waals surface area contributed by atoms with E-state index >= 15 is 0 Å². The molecule has 0 aromatic carbocycles. The van der Waals surface area contributed by atoms with Gasteiger partial charge < -0.3 is 4.90 Å². The quantitative estimate of drug-likeness (QED) is 0.757. The van der Waals surface area contributed by atoms with Gasteiger partial charge in [-0.1, -0.05) is 0 Å². The van der Waals surface area contributed by atoms with Crippen LogP contribution < -0.4 is 5.32 Å². The van der Waals surface area contributed by atoms with E-state index in [1.165, 1.54) is 20.8 Å². The first-order chi connectivity index (χ1) is 8.48. The average Bonchev–Trinajstić information content (AvgIpc) is 2.52. The number of hydrogen-bond donors (Lipinski definition) is 1. The minimum absolute atomic E-state index is 0.0487. The van der Waals surface area contributed by atoms with Crippen LogP contribution in [0.15, 0.2) is 0 Å². The van der Waals surface area contributed by atoms with Crippen molar-refractivity contribution in [2.24, 2.45) is 5.92 Å². The Labute approximate surface area is 114 Å². The summed E-state index contributed by atoms with van der Waals surface area (Å²) < 4.78 is 38.5. The molecule has 110 valence electrons. The molecule has 1 aliphatic rings. The van der Waals surface area contributed by atoms with Gasteiger partial charge in [0, 0.05) is 6.54 Å². The number of imide groups is 1. The molecule has 1 N–H and O–H groups in total. The van der Waals surface area contributed by atoms with Crippen LogP contribution in [0.4, 0.5) is 18.0 Å². The summed E-state index contributed by atoms with van der Waals surface area (Å²) in [5.74, 6) is -2.33. The normalized spacial score (nSPS) is 24.2. The van der Waals surface area contributed by atoms with Crippen LogP contribution in [0.3, 0.4) is 0 Å². The van der Waals surface area contributed by atoms with Crippen LogP contribution in [-0.4, -0.2) is 40.5 Å². The number of hydrogen-bond acceptors (Lipinski definition) is 2. The molecular weight excluding hydrogens is 285 g/mol. The van der Waals surface area contributed by atoms with Gasteiger partial charge in [0.15, 0.2) is 0 Å². The van der Waals surface area contributed by atoms with E-state index in [1.54, 1.807) is 0 Å². The molecule has 0 aromatic heterocycles. The third-order valence-electron chi connectivity index (χ3n) is 3.42. The number of halogens is 4. The summed E-state index contributed by atoms with van der Waals surface area (Å²) in [6.07, 6.45) is -4.54. The van der Waals surface area contributed by atoms with Crippen LogP contribution in [-0.2, 0) is 4.79 Å². The number of nitrogens with zero attached hydrogens (tertiary/aromatic N) is 1. The Hall–Kier alpha value is -0.980. The van der Waals surface area contributed by atoms with Crippen LogP contribution in [0, 0.1) is 5.92 Å². The Morgan fingerprint density at radius 3 is 2.32 bits per heavy atom. The third kappa shape index (κ3) is 3.32. The molecule has 3 amide bonds. The molecule has 1 rings (SSSR count). The monoisotopic (exact) mass is 300 g/mol. The van der Waals surface area contributed by atoms with E-state index in [0.717, 1.165) is 4.90 Å². The van der Waals surface area contributed by atoms with Crippen molar-refractivity contribution < 1.29 is 22.8 Å². The predicted molar refractivity (Wildman–Crippen MR) is 63.8 cm³/mol. The maximum Gasteiger partial charge on any atom is 0.394 e. The highest BCUT2D eigenvalue weighted by molar-refractivity contribution is 6.31. The van der Waals surface area contributed by atoms with Crippen molar-refractivity contribution in [2.75, 3.05) is 6.54 Å². The fraction of sp³-hybridized carbons (Fsp3) is 0.818. The minimum Gasteiger partial charge on any atom is -0.319 e. The number of rotatable bonds is 1. The Morgan fingerprint density at radius 1 is 1.42 bits per heavy atom. The molecule has 0 bridgehead atoms. The Kier molecular flexibility index (Phi) is 4.39. The summed E-state index contributed by atoms with van der Waals surface area (Å²) in [5, 5.41) is 1.07. The Balaban J connectivity index is 2.81. The predicted octanol–water partition coefficient (Wildman–Crippen LogP) is 2.51. The highest BCUT2D eigenvalue weighted by Gasteiger charge is 2.56. The lowest BCUT2D eigenvalue weighted by Crippen LogP contribution is -2.54. The first-order valence-corrected chi connectivity index (χ1v) is 6.24. The molecule has 0 saturated carbocycles. The number of nitrogens with one attached hydrogen (secondary N) is 1. The molecule has 2 atom stereocenters. The van der Waals surface area contributed by atoms with Gasteiger partial charge >= 0.3 is 12.2 Å². The topological polar surface area (TPSA) is 49.4 Å². The van der Waals surface area contributed by atoms with E-state index < -0.39 is 34.9 Å².